The van der Waals surface area contributed by atoms with Crippen LogP contribution in [0, 0.1) is 5.41 Å². The second-order valence-corrected chi connectivity index (χ2v) is 9.49. The van der Waals surface area contributed by atoms with Gasteiger partial charge < -0.3 is 15.1 Å². The maximum absolute atomic E-state index is 13.0. The molecule has 0 radical (unpaired) electrons. The summed E-state index contributed by atoms with van der Waals surface area (Å²) in [6, 6.07) is 3.49. The number of rotatable bonds is 4. The molecule has 0 aliphatic carbocycles. The van der Waals surface area contributed by atoms with Crippen molar-refractivity contribution in [1.29, 1.82) is 0 Å². The third-order valence-corrected chi connectivity index (χ3v) is 6.81. The number of hydrogen-bond donors (Lipinski definition) is 1. The third kappa shape index (κ3) is 4.71. The molecule has 1 aromatic carbocycles. The molecule has 1 saturated heterocycles. The second-order valence-electron chi connectivity index (χ2n) is 8.73. The lowest BCUT2D eigenvalue weighted by Crippen LogP contribution is -2.57. The van der Waals surface area contributed by atoms with Gasteiger partial charge in [0.15, 0.2) is 0 Å². The van der Waals surface area contributed by atoms with Crippen LogP contribution in [0.2, 0.25) is 10.0 Å². The average Bonchev–Trinajstić information content (AvgIpc) is 2.69. The fourth-order valence-corrected chi connectivity index (χ4v) is 4.97. The molecule has 3 rings (SSSR count). The number of carbonyl (C=O) groups is 1. The van der Waals surface area contributed by atoms with Crippen LogP contribution < -0.4 is 5.32 Å². The van der Waals surface area contributed by atoms with E-state index in [2.05, 4.69) is 41.1 Å². The Bertz CT molecular complexity index is 906. The first-order valence-electron chi connectivity index (χ1n) is 10.1. The topological polar surface area (TPSA) is 61.4 Å². The molecule has 162 valence electrons. The van der Waals surface area contributed by atoms with Crippen LogP contribution in [0.4, 0.5) is 4.79 Å². The van der Waals surface area contributed by atoms with E-state index in [0.717, 1.165) is 25.1 Å². The maximum Gasteiger partial charge on any atom is 0.317 e. The van der Waals surface area contributed by atoms with Crippen molar-refractivity contribution in [2.75, 3.05) is 27.2 Å². The van der Waals surface area contributed by atoms with Gasteiger partial charge in [-0.25, -0.2) is 4.79 Å². The van der Waals surface area contributed by atoms with E-state index < -0.39 is 0 Å². The standard InChI is InChI=1S/C22H29Cl2N5O/c1-14(27-21(30)29(5)18-8-11-28(4)13-22(18,2)3)15-6-7-16(20(24)19(15)23)17-12-25-9-10-26-17/h6-7,9-10,12,14,18H,8,11,13H2,1-5H3,(H,27,30). The molecular formula is C22H29Cl2N5O. The number of halogens is 2. The van der Waals surface area contributed by atoms with Gasteiger partial charge >= 0.3 is 6.03 Å². The number of aromatic nitrogens is 2. The van der Waals surface area contributed by atoms with Crippen LogP contribution in [0.3, 0.4) is 0 Å². The van der Waals surface area contributed by atoms with Crippen molar-refractivity contribution in [2.45, 2.75) is 39.3 Å². The summed E-state index contributed by atoms with van der Waals surface area (Å²) in [4.78, 5) is 25.5. The van der Waals surface area contributed by atoms with Crippen molar-refractivity contribution in [1.82, 2.24) is 25.1 Å². The lowest BCUT2D eigenvalue weighted by Gasteiger charge is -2.47. The number of carbonyl (C=O) groups excluding carboxylic acids is 1. The van der Waals surface area contributed by atoms with Gasteiger partial charge in [0.05, 0.1) is 28.0 Å². The van der Waals surface area contributed by atoms with E-state index in [0.29, 0.717) is 21.3 Å². The first-order chi connectivity index (χ1) is 14.1. The van der Waals surface area contributed by atoms with Gasteiger partial charge in [-0.3, -0.25) is 9.97 Å². The number of nitrogens with zero attached hydrogens (tertiary/aromatic N) is 4. The Hall–Kier alpha value is -1.89. The predicted molar refractivity (Wildman–Crippen MR) is 122 cm³/mol. The molecule has 1 aliphatic heterocycles. The number of hydrogen-bond acceptors (Lipinski definition) is 4. The molecule has 1 aliphatic rings. The zero-order valence-corrected chi connectivity index (χ0v) is 19.6. The lowest BCUT2D eigenvalue weighted by atomic mass is 9.78. The Morgan fingerprint density at radius 3 is 2.67 bits per heavy atom. The molecule has 2 heterocycles. The average molecular weight is 450 g/mol. The molecule has 2 aromatic rings. The largest absolute Gasteiger partial charge is 0.331 e. The third-order valence-electron chi connectivity index (χ3n) is 5.91. The van der Waals surface area contributed by atoms with Gasteiger partial charge in [0.25, 0.3) is 0 Å². The summed E-state index contributed by atoms with van der Waals surface area (Å²) >= 11 is 13.1. The van der Waals surface area contributed by atoms with E-state index in [4.69, 9.17) is 23.2 Å². The molecule has 1 fully saturated rings. The van der Waals surface area contributed by atoms with Gasteiger partial charge in [-0.1, -0.05) is 49.2 Å². The molecule has 0 saturated carbocycles. The second kappa shape index (κ2) is 9.08. The lowest BCUT2D eigenvalue weighted by molar-refractivity contribution is 0.0446. The van der Waals surface area contributed by atoms with Crippen molar-refractivity contribution in [3.8, 4) is 11.3 Å². The van der Waals surface area contributed by atoms with E-state index in [1.807, 2.05) is 31.0 Å². The first kappa shape index (κ1) is 22.8. The van der Waals surface area contributed by atoms with Gasteiger partial charge in [0.2, 0.25) is 0 Å². The van der Waals surface area contributed by atoms with Crippen molar-refractivity contribution >= 4 is 29.2 Å². The Kier molecular flexibility index (Phi) is 6.90. The highest BCUT2D eigenvalue weighted by Gasteiger charge is 2.39. The molecule has 0 spiro atoms. The molecule has 30 heavy (non-hydrogen) atoms. The normalized spacial score (nSPS) is 19.9. The van der Waals surface area contributed by atoms with Crippen molar-refractivity contribution in [2.24, 2.45) is 5.41 Å². The van der Waals surface area contributed by atoms with Crippen LogP contribution in [0.15, 0.2) is 30.7 Å². The minimum atomic E-state index is -0.296. The number of likely N-dealkylation sites (tertiary alicyclic amines) is 1. The number of piperidine rings is 1. The molecule has 2 unspecified atom stereocenters. The Morgan fingerprint density at radius 1 is 1.30 bits per heavy atom. The summed E-state index contributed by atoms with van der Waals surface area (Å²) in [5, 5.41) is 3.89. The van der Waals surface area contributed by atoms with Gasteiger partial charge in [0, 0.05) is 37.6 Å². The summed E-state index contributed by atoms with van der Waals surface area (Å²) in [6.45, 7) is 8.26. The number of benzene rings is 1. The molecular weight excluding hydrogens is 421 g/mol. The predicted octanol–water partition coefficient (Wildman–Crippen LogP) is 4.88. The quantitative estimate of drug-likeness (QED) is 0.721. The molecule has 1 aromatic heterocycles. The van der Waals surface area contributed by atoms with Gasteiger partial charge in [-0.2, -0.15) is 0 Å². The minimum Gasteiger partial charge on any atom is -0.331 e. The summed E-state index contributed by atoms with van der Waals surface area (Å²) < 4.78 is 0. The van der Waals surface area contributed by atoms with Crippen LogP contribution >= 0.6 is 23.2 Å². The molecule has 1 N–H and O–H groups in total. The monoisotopic (exact) mass is 449 g/mol. The zero-order valence-electron chi connectivity index (χ0n) is 18.1. The molecule has 2 atom stereocenters. The van der Waals surface area contributed by atoms with Crippen molar-refractivity contribution in [3.05, 3.63) is 46.3 Å². The number of urea groups is 1. The Balaban J connectivity index is 1.75. The highest BCUT2D eigenvalue weighted by atomic mass is 35.5. The van der Waals surface area contributed by atoms with E-state index in [-0.39, 0.29) is 23.5 Å². The summed E-state index contributed by atoms with van der Waals surface area (Å²) in [5.41, 5.74) is 2.14. The van der Waals surface area contributed by atoms with Gasteiger partial charge in [-0.15, -0.1) is 0 Å². The minimum absolute atomic E-state index is 0.0155. The van der Waals surface area contributed by atoms with E-state index in [1.54, 1.807) is 18.6 Å². The SMILES string of the molecule is CC(NC(=O)N(C)C1CCN(C)CC1(C)C)c1ccc(-c2cnccn2)c(Cl)c1Cl. The Morgan fingerprint density at radius 2 is 2.03 bits per heavy atom. The summed E-state index contributed by atoms with van der Waals surface area (Å²) in [6.07, 6.45) is 5.80. The summed E-state index contributed by atoms with van der Waals surface area (Å²) in [7, 11) is 3.99. The van der Waals surface area contributed by atoms with Crippen molar-refractivity contribution in [3.63, 3.8) is 0 Å². The molecule has 0 bridgehead atoms. The molecule has 8 heteroatoms. The van der Waals surface area contributed by atoms with Crippen LogP contribution in [0.1, 0.15) is 38.8 Å². The zero-order chi connectivity index (χ0) is 22.1. The van der Waals surface area contributed by atoms with E-state index >= 15 is 0 Å². The van der Waals surface area contributed by atoms with Gasteiger partial charge in [-0.05, 0) is 37.9 Å². The fraction of sp³-hybridized carbons (Fsp3) is 0.500. The van der Waals surface area contributed by atoms with Crippen LogP contribution in [0.5, 0.6) is 0 Å². The number of nitrogens with one attached hydrogen (secondary N) is 1. The van der Waals surface area contributed by atoms with E-state index in [9.17, 15) is 4.79 Å². The van der Waals surface area contributed by atoms with Gasteiger partial charge in [0.1, 0.15) is 0 Å². The highest BCUT2D eigenvalue weighted by molar-refractivity contribution is 6.44. The number of amides is 2. The van der Waals surface area contributed by atoms with Crippen LogP contribution in [-0.4, -0.2) is 59.0 Å². The smallest absolute Gasteiger partial charge is 0.317 e. The fourth-order valence-electron chi connectivity index (χ4n) is 4.37. The van der Waals surface area contributed by atoms with Crippen LogP contribution in [-0.2, 0) is 0 Å². The van der Waals surface area contributed by atoms with Crippen LogP contribution in [0.25, 0.3) is 11.3 Å². The van der Waals surface area contributed by atoms with Crippen molar-refractivity contribution < 1.29 is 4.79 Å². The van der Waals surface area contributed by atoms with E-state index in [1.165, 1.54) is 0 Å². The molecule has 2 amide bonds. The summed E-state index contributed by atoms with van der Waals surface area (Å²) in [5.74, 6) is 0. The first-order valence-corrected chi connectivity index (χ1v) is 10.8. The maximum atomic E-state index is 13.0. The molecule has 6 nitrogen and oxygen atoms in total. The highest BCUT2D eigenvalue weighted by Crippen LogP contribution is 2.37. The Labute approximate surface area is 188 Å².